The average molecular weight is 671 g/mol. The molecular weight excluding hydrogens is 601 g/mol. The van der Waals surface area contributed by atoms with Crippen LogP contribution in [0.25, 0.3) is 0 Å². The molecule has 0 fully saturated rings. The van der Waals surface area contributed by atoms with Crippen molar-refractivity contribution in [2.45, 2.75) is 192 Å². The molecule has 0 saturated carbocycles. The van der Waals surface area contributed by atoms with Crippen LogP contribution in [0.1, 0.15) is 173 Å². The molecule has 0 saturated heterocycles. The van der Waals surface area contributed by atoms with E-state index in [9.17, 15) is 15.3 Å². The maximum atomic E-state index is 10.2. The lowest BCUT2D eigenvalue weighted by atomic mass is 10.0. The quantitative estimate of drug-likeness (QED) is 0.0391. The van der Waals surface area contributed by atoms with E-state index in [0.717, 1.165) is 83.5 Å². The first-order chi connectivity index (χ1) is 24.1. The molecule has 49 heavy (non-hydrogen) atoms. The van der Waals surface area contributed by atoms with Crippen molar-refractivity contribution in [3.63, 3.8) is 0 Å². The second-order valence-electron chi connectivity index (χ2n) is 13.1. The van der Waals surface area contributed by atoms with E-state index in [0.29, 0.717) is 6.42 Å². The van der Waals surface area contributed by atoms with Crippen molar-refractivity contribution in [1.29, 1.82) is 0 Å². The zero-order chi connectivity index (χ0) is 35.7. The first-order valence-corrected chi connectivity index (χ1v) is 19.7. The molecule has 272 valence electrons. The molecule has 0 amide bonds. The monoisotopic (exact) mass is 671 g/mol. The minimum absolute atomic E-state index is 0.366. The summed E-state index contributed by atoms with van der Waals surface area (Å²) in [6, 6.07) is 0. The maximum absolute atomic E-state index is 10.2. The van der Waals surface area contributed by atoms with Crippen molar-refractivity contribution in [1.82, 2.24) is 0 Å². The molecule has 0 rings (SSSR count). The molecule has 0 aliphatic heterocycles. The number of aliphatic hydroxyl groups excluding tert-OH is 3. The van der Waals surface area contributed by atoms with Crippen LogP contribution >= 0.6 is 0 Å². The zero-order valence-electron chi connectivity index (χ0n) is 30.9. The van der Waals surface area contributed by atoms with Crippen LogP contribution in [-0.4, -0.2) is 33.6 Å². The third-order valence-electron chi connectivity index (χ3n) is 8.41. The van der Waals surface area contributed by atoms with Crippen LogP contribution in [0.2, 0.25) is 0 Å². The number of aliphatic hydroxyl groups is 3. The molecule has 3 atom stereocenters. The Morgan fingerprint density at radius 3 is 1.43 bits per heavy atom. The molecule has 0 heterocycles. The van der Waals surface area contributed by atoms with Gasteiger partial charge in [0.05, 0.1) is 6.10 Å². The van der Waals surface area contributed by atoms with Gasteiger partial charge >= 0.3 is 0 Å². The lowest BCUT2D eigenvalue weighted by Gasteiger charge is -2.04. The molecule has 3 heteroatoms. The van der Waals surface area contributed by atoms with Crippen LogP contribution in [0, 0.1) is 48.4 Å². The first kappa shape index (κ1) is 46.1. The fourth-order valence-electron chi connectivity index (χ4n) is 5.44. The van der Waals surface area contributed by atoms with E-state index < -0.39 is 12.2 Å². The third-order valence-corrected chi connectivity index (χ3v) is 8.41. The third kappa shape index (κ3) is 39.4. The summed E-state index contributed by atoms with van der Waals surface area (Å²) in [6.45, 7) is 0. The van der Waals surface area contributed by atoms with Crippen LogP contribution < -0.4 is 0 Å². The summed E-state index contributed by atoms with van der Waals surface area (Å²) >= 11 is 0. The largest absolute Gasteiger partial charge is 0.389 e. The van der Waals surface area contributed by atoms with Gasteiger partial charge in [0, 0.05) is 12.8 Å². The minimum atomic E-state index is -0.880. The first-order valence-electron chi connectivity index (χ1n) is 19.7. The topological polar surface area (TPSA) is 60.7 Å². The number of unbranched alkanes of at least 4 members (excludes halogenated alkanes) is 22. The van der Waals surface area contributed by atoms with Crippen LogP contribution in [0.15, 0.2) is 48.6 Å². The summed E-state index contributed by atoms with van der Waals surface area (Å²) in [7, 11) is 0. The molecule has 0 radical (unpaired) electrons. The molecule has 3 N–H and O–H groups in total. The van der Waals surface area contributed by atoms with Crippen molar-refractivity contribution in [3.05, 3.63) is 48.6 Å². The van der Waals surface area contributed by atoms with Crippen LogP contribution in [0.3, 0.4) is 0 Å². The van der Waals surface area contributed by atoms with E-state index in [1.54, 1.807) is 6.08 Å². The predicted octanol–water partition coefficient (Wildman–Crippen LogP) is 11.1. The maximum Gasteiger partial charge on any atom is 0.176 e. The predicted molar refractivity (Wildman–Crippen MR) is 212 cm³/mol. The summed E-state index contributed by atoms with van der Waals surface area (Å²) in [5, 5.41) is 29.3. The molecule has 0 bridgehead atoms. The van der Waals surface area contributed by atoms with Crippen molar-refractivity contribution >= 4 is 0 Å². The van der Waals surface area contributed by atoms with Gasteiger partial charge in [-0.2, -0.15) is 0 Å². The summed E-state index contributed by atoms with van der Waals surface area (Å²) in [6.07, 6.45) is 55.7. The summed E-state index contributed by atoms with van der Waals surface area (Å²) in [5.74, 6) is 16.5. The summed E-state index contributed by atoms with van der Waals surface area (Å²) < 4.78 is 0. The Hall–Kier alpha value is -2.92. The number of allylic oxidation sites excluding steroid dienone is 6. The Labute approximate surface area is 303 Å². The standard InChI is InChI=1S/C46H70O3/c1-3-5-6-7-8-9-10-11-12-13-14-15-16-17-18-19-20-21-22-26-30-35-40-45(48)42-37-32-28-33-38-43-46(49)41-36-31-27-24-23-25-29-34-39-44(47)4-2/h1-2,5-6,21-22,34,37,39,42,44-49H,7-20,23-33,35,40H2/b6-5-,22-21-,39-34+,42-37+/t44-,45-,46+/m0/s1. The molecule has 0 unspecified atom stereocenters. The number of rotatable bonds is 31. The summed E-state index contributed by atoms with van der Waals surface area (Å²) in [4.78, 5) is 0. The normalized spacial score (nSPS) is 13.2. The second kappa shape index (κ2) is 39.5. The molecule has 0 aromatic heterocycles. The minimum Gasteiger partial charge on any atom is -0.389 e. The Balaban J connectivity index is 3.52. The number of hydrogen-bond donors (Lipinski definition) is 3. The molecule has 0 aliphatic rings. The van der Waals surface area contributed by atoms with Crippen LogP contribution in [0.4, 0.5) is 0 Å². The van der Waals surface area contributed by atoms with Crippen molar-refractivity contribution in [3.8, 4) is 48.4 Å². The Morgan fingerprint density at radius 1 is 0.449 bits per heavy atom. The second-order valence-corrected chi connectivity index (χ2v) is 13.1. The molecule has 3 nitrogen and oxygen atoms in total. The lowest BCUT2D eigenvalue weighted by molar-refractivity contribution is 0.208. The van der Waals surface area contributed by atoms with Gasteiger partial charge in [0.15, 0.2) is 6.10 Å². The van der Waals surface area contributed by atoms with E-state index in [-0.39, 0.29) is 6.10 Å². The molecule has 0 aromatic rings. The van der Waals surface area contributed by atoms with Gasteiger partial charge in [-0.05, 0) is 89.2 Å². The van der Waals surface area contributed by atoms with Gasteiger partial charge in [-0.1, -0.05) is 155 Å². The number of hydrogen-bond acceptors (Lipinski definition) is 3. The highest BCUT2D eigenvalue weighted by Gasteiger charge is 1.98. The lowest BCUT2D eigenvalue weighted by Crippen LogP contribution is -2.01. The van der Waals surface area contributed by atoms with Crippen molar-refractivity contribution in [2.75, 3.05) is 0 Å². The van der Waals surface area contributed by atoms with Crippen LogP contribution in [-0.2, 0) is 0 Å². The SMILES string of the molecule is C#C/C=C\CCCCCCCCCCCCCC/C=C\CCCC[C@H](O)/C=C/CCCC#C[C@H](O)C#CCCCCCC/C=C/[C@@H](O)C#C. The van der Waals surface area contributed by atoms with Gasteiger partial charge in [0.1, 0.15) is 6.10 Å². The highest BCUT2D eigenvalue weighted by atomic mass is 16.3. The molecule has 0 spiro atoms. The summed E-state index contributed by atoms with van der Waals surface area (Å²) in [5.41, 5.74) is 0. The fraction of sp³-hybridized carbons (Fsp3) is 0.652. The van der Waals surface area contributed by atoms with E-state index in [1.165, 1.54) is 83.5 Å². The van der Waals surface area contributed by atoms with Crippen molar-refractivity contribution in [2.24, 2.45) is 0 Å². The highest BCUT2D eigenvalue weighted by molar-refractivity contribution is 5.19. The van der Waals surface area contributed by atoms with Gasteiger partial charge in [-0.3, -0.25) is 0 Å². The Kier molecular flexibility index (Phi) is 37.2. The average Bonchev–Trinajstić information content (AvgIpc) is 3.10. The van der Waals surface area contributed by atoms with Gasteiger partial charge in [0.2, 0.25) is 0 Å². The van der Waals surface area contributed by atoms with Gasteiger partial charge in [-0.15, -0.1) is 12.8 Å². The highest BCUT2D eigenvalue weighted by Crippen LogP contribution is 2.14. The number of terminal acetylenes is 2. The molecule has 0 aromatic carbocycles. The van der Waals surface area contributed by atoms with Gasteiger partial charge in [-0.25, -0.2) is 0 Å². The zero-order valence-corrected chi connectivity index (χ0v) is 30.9. The Bertz CT molecular complexity index is 1060. The smallest absolute Gasteiger partial charge is 0.176 e. The van der Waals surface area contributed by atoms with Gasteiger partial charge in [0.25, 0.3) is 0 Å². The van der Waals surface area contributed by atoms with E-state index in [2.05, 4.69) is 53.8 Å². The van der Waals surface area contributed by atoms with E-state index in [1.807, 2.05) is 24.3 Å². The van der Waals surface area contributed by atoms with E-state index >= 15 is 0 Å². The molecule has 0 aliphatic carbocycles. The van der Waals surface area contributed by atoms with Gasteiger partial charge < -0.3 is 15.3 Å². The Morgan fingerprint density at radius 2 is 0.878 bits per heavy atom. The van der Waals surface area contributed by atoms with E-state index in [4.69, 9.17) is 12.8 Å². The molecular formula is C46H70O3. The van der Waals surface area contributed by atoms with Crippen LogP contribution in [0.5, 0.6) is 0 Å². The van der Waals surface area contributed by atoms with Crippen molar-refractivity contribution < 1.29 is 15.3 Å². The fourth-order valence-corrected chi connectivity index (χ4v) is 5.44.